The van der Waals surface area contributed by atoms with Gasteiger partial charge >= 0.3 is 6.09 Å². The van der Waals surface area contributed by atoms with Crippen LogP contribution in [0.3, 0.4) is 0 Å². The zero-order valence-corrected chi connectivity index (χ0v) is 13.8. The molecule has 1 saturated heterocycles. The molecule has 1 aliphatic heterocycles. The van der Waals surface area contributed by atoms with Crippen LogP contribution in [0.4, 0.5) is 14.9 Å². The van der Waals surface area contributed by atoms with Crippen LogP contribution >= 0.6 is 0 Å². The second-order valence-corrected chi connectivity index (χ2v) is 5.03. The lowest BCUT2D eigenvalue weighted by Gasteiger charge is -2.13. The van der Waals surface area contributed by atoms with Gasteiger partial charge < -0.3 is 4.74 Å². The molecule has 0 saturated carbocycles. The van der Waals surface area contributed by atoms with E-state index in [2.05, 4.69) is 10.3 Å². The summed E-state index contributed by atoms with van der Waals surface area (Å²) >= 11 is 0. The van der Waals surface area contributed by atoms with Gasteiger partial charge in [0.1, 0.15) is 17.6 Å². The van der Waals surface area contributed by atoms with Crippen molar-refractivity contribution in [1.29, 1.82) is 0 Å². The minimum absolute atomic E-state index is 0.210. The molecule has 1 amide bonds. The highest BCUT2D eigenvalue weighted by Gasteiger charge is 2.33. The van der Waals surface area contributed by atoms with Crippen molar-refractivity contribution in [3.63, 3.8) is 0 Å². The topological polar surface area (TPSA) is 77.3 Å². The minimum Gasteiger partial charge on any atom is -0.442 e. The van der Waals surface area contributed by atoms with Crippen molar-refractivity contribution in [2.75, 3.05) is 11.4 Å². The first-order valence-electron chi connectivity index (χ1n) is 7.66. The molecule has 1 aromatic heterocycles. The van der Waals surface area contributed by atoms with Gasteiger partial charge in [0.2, 0.25) is 0 Å². The molecule has 0 unspecified atom stereocenters. The normalized spacial score (nSPS) is 16.4. The highest BCUT2D eigenvalue weighted by Crippen LogP contribution is 2.24. The van der Waals surface area contributed by atoms with E-state index in [1.54, 1.807) is 19.1 Å². The molecule has 7 nitrogen and oxygen atoms in total. The number of benzene rings is 1. The fraction of sp³-hybridized carbons (Fsp3) is 0.375. The molecule has 24 heavy (non-hydrogen) atoms. The molecule has 2 heterocycles. The summed E-state index contributed by atoms with van der Waals surface area (Å²) in [6.45, 7) is 6.20. The Kier molecular flexibility index (Phi) is 5.62. The number of hydrogen-bond donors (Lipinski definition) is 0. The number of aldehydes is 1. The van der Waals surface area contributed by atoms with Gasteiger partial charge in [0.25, 0.3) is 0 Å². The van der Waals surface area contributed by atoms with Gasteiger partial charge in [0.15, 0.2) is 6.29 Å². The van der Waals surface area contributed by atoms with E-state index in [-0.39, 0.29) is 24.6 Å². The third kappa shape index (κ3) is 3.76. The lowest BCUT2D eigenvalue weighted by molar-refractivity contribution is 0.111. The van der Waals surface area contributed by atoms with Crippen molar-refractivity contribution >= 4 is 18.1 Å². The SMILES string of the molecule is CC.Cc1ccc(N2C[C@H](Cn3cc(C=O)nn3)OC2=O)cc1F. The second kappa shape index (κ2) is 7.67. The number of carbonyl (C=O) groups is 2. The highest BCUT2D eigenvalue weighted by molar-refractivity contribution is 5.89. The third-order valence-electron chi connectivity index (χ3n) is 3.41. The van der Waals surface area contributed by atoms with E-state index < -0.39 is 12.2 Å². The molecule has 1 atom stereocenters. The second-order valence-electron chi connectivity index (χ2n) is 5.03. The van der Waals surface area contributed by atoms with E-state index >= 15 is 0 Å². The highest BCUT2D eigenvalue weighted by atomic mass is 19.1. The van der Waals surface area contributed by atoms with Crippen LogP contribution in [-0.4, -0.2) is 40.0 Å². The number of aromatic nitrogens is 3. The molecule has 1 aromatic carbocycles. The molecule has 8 heteroatoms. The number of anilines is 1. The van der Waals surface area contributed by atoms with Crippen LogP contribution in [0.5, 0.6) is 0 Å². The lowest BCUT2D eigenvalue weighted by atomic mass is 10.2. The summed E-state index contributed by atoms with van der Waals surface area (Å²) in [6.07, 6.45) is 1.07. The van der Waals surface area contributed by atoms with E-state index in [4.69, 9.17) is 4.74 Å². The molecule has 1 aliphatic rings. The van der Waals surface area contributed by atoms with Gasteiger partial charge in [-0.1, -0.05) is 25.1 Å². The Balaban J connectivity index is 0.00000100. The van der Waals surface area contributed by atoms with Crippen molar-refractivity contribution in [1.82, 2.24) is 15.0 Å². The van der Waals surface area contributed by atoms with Crippen LogP contribution in [0.25, 0.3) is 0 Å². The van der Waals surface area contributed by atoms with Crippen molar-refractivity contribution in [2.45, 2.75) is 33.4 Å². The summed E-state index contributed by atoms with van der Waals surface area (Å²) in [5, 5.41) is 7.40. The van der Waals surface area contributed by atoms with Crippen LogP contribution in [0, 0.1) is 12.7 Å². The number of rotatable bonds is 4. The molecular formula is C16H19FN4O3. The fourth-order valence-electron chi connectivity index (χ4n) is 2.24. The van der Waals surface area contributed by atoms with Gasteiger partial charge in [-0.3, -0.25) is 9.69 Å². The van der Waals surface area contributed by atoms with Crippen molar-refractivity contribution in [2.24, 2.45) is 0 Å². The van der Waals surface area contributed by atoms with Gasteiger partial charge in [-0.25, -0.2) is 13.9 Å². The Labute approximate surface area is 139 Å². The van der Waals surface area contributed by atoms with Crippen LogP contribution in [0.15, 0.2) is 24.4 Å². The van der Waals surface area contributed by atoms with Crippen LogP contribution in [0.2, 0.25) is 0 Å². The molecule has 0 aliphatic carbocycles. The first-order valence-corrected chi connectivity index (χ1v) is 7.66. The van der Waals surface area contributed by atoms with Crippen LogP contribution < -0.4 is 4.90 Å². The summed E-state index contributed by atoms with van der Waals surface area (Å²) in [6, 6.07) is 4.58. The van der Waals surface area contributed by atoms with Gasteiger partial charge in [-0.05, 0) is 24.6 Å². The van der Waals surface area contributed by atoms with Gasteiger partial charge in [-0.15, -0.1) is 5.10 Å². The summed E-state index contributed by atoms with van der Waals surface area (Å²) in [4.78, 5) is 23.8. The third-order valence-corrected chi connectivity index (χ3v) is 3.41. The van der Waals surface area contributed by atoms with Gasteiger partial charge in [-0.2, -0.15) is 0 Å². The summed E-state index contributed by atoms with van der Waals surface area (Å²) in [5.41, 5.74) is 1.17. The number of halogens is 1. The Bertz CT molecular complexity index is 732. The summed E-state index contributed by atoms with van der Waals surface area (Å²) < 4.78 is 20.3. The van der Waals surface area contributed by atoms with Gasteiger partial charge in [0.05, 0.1) is 25.0 Å². The standard InChI is InChI=1S/C14H13FN4O3.C2H6/c1-9-2-3-11(4-13(9)15)19-7-12(22-14(19)21)6-18-5-10(8-20)16-17-18;1-2/h2-5,8,12H,6-7H2,1H3;1-2H3/t12-;/m0./s1. The van der Waals surface area contributed by atoms with Crippen molar-refractivity contribution in [3.05, 3.63) is 41.5 Å². The summed E-state index contributed by atoms with van der Waals surface area (Å²) in [5.74, 6) is -0.374. The molecule has 0 N–H and O–H groups in total. The summed E-state index contributed by atoms with van der Waals surface area (Å²) in [7, 11) is 0. The Morgan fingerprint density at radius 2 is 2.17 bits per heavy atom. The largest absolute Gasteiger partial charge is 0.442 e. The zero-order chi connectivity index (χ0) is 17.7. The Morgan fingerprint density at radius 1 is 1.42 bits per heavy atom. The number of aryl methyl sites for hydroxylation is 1. The molecular weight excluding hydrogens is 315 g/mol. The number of carbonyl (C=O) groups excluding carboxylic acids is 2. The van der Waals surface area contributed by atoms with Crippen molar-refractivity contribution < 1.29 is 18.7 Å². The quantitative estimate of drug-likeness (QED) is 0.803. The Hall–Kier alpha value is -2.77. The van der Waals surface area contributed by atoms with E-state index in [0.29, 0.717) is 17.5 Å². The van der Waals surface area contributed by atoms with Gasteiger partial charge in [0, 0.05) is 0 Å². The maximum absolute atomic E-state index is 13.6. The average molecular weight is 334 g/mol. The predicted octanol–water partition coefficient (Wildman–Crippen LogP) is 2.59. The van der Waals surface area contributed by atoms with E-state index in [1.807, 2.05) is 13.8 Å². The van der Waals surface area contributed by atoms with Crippen LogP contribution in [0.1, 0.15) is 29.9 Å². The molecule has 1 fully saturated rings. The zero-order valence-electron chi connectivity index (χ0n) is 13.8. The molecule has 0 spiro atoms. The monoisotopic (exact) mass is 334 g/mol. The Morgan fingerprint density at radius 3 is 2.79 bits per heavy atom. The van der Waals surface area contributed by atoms with E-state index in [9.17, 15) is 14.0 Å². The first-order chi connectivity index (χ1) is 11.6. The molecule has 3 rings (SSSR count). The minimum atomic E-state index is -0.538. The number of hydrogen-bond acceptors (Lipinski definition) is 5. The molecule has 0 bridgehead atoms. The number of amides is 1. The lowest BCUT2D eigenvalue weighted by Crippen LogP contribution is -2.26. The van der Waals surface area contributed by atoms with Crippen LogP contribution in [-0.2, 0) is 11.3 Å². The van der Waals surface area contributed by atoms with E-state index in [0.717, 1.165) is 0 Å². The first kappa shape index (κ1) is 17.6. The number of cyclic esters (lactones) is 1. The smallest absolute Gasteiger partial charge is 0.414 e. The predicted molar refractivity (Wildman–Crippen MR) is 85.5 cm³/mol. The number of nitrogens with zero attached hydrogens (tertiary/aromatic N) is 4. The molecule has 2 aromatic rings. The van der Waals surface area contributed by atoms with E-state index in [1.165, 1.54) is 21.8 Å². The fourth-order valence-corrected chi connectivity index (χ4v) is 2.24. The molecule has 128 valence electrons. The molecule has 0 radical (unpaired) electrons. The maximum atomic E-state index is 13.6. The maximum Gasteiger partial charge on any atom is 0.414 e. The average Bonchev–Trinajstić information content (AvgIpc) is 3.19. The van der Waals surface area contributed by atoms with Crippen molar-refractivity contribution in [3.8, 4) is 0 Å². The number of ether oxygens (including phenoxy) is 1.